The van der Waals surface area contributed by atoms with E-state index >= 15 is 0 Å². The van der Waals surface area contributed by atoms with Gasteiger partial charge in [0.1, 0.15) is 17.6 Å². The Morgan fingerprint density at radius 1 is 1.15 bits per heavy atom. The summed E-state index contributed by atoms with van der Waals surface area (Å²) in [5.41, 5.74) is 2.97. The fraction of sp³-hybridized carbons (Fsp3) is 0.294. The monoisotopic (exact) mass is 270 g/mol. The molecule has 0 spiro atoms. The number of rotatable bonds is 2. The van der Waals surface area contributed by atoms with Crippen LogP contribution in [-0.4, -0.2) is 12.2 Å². The van der Waals surface area contributed by atoms with Crippen LogP contribution in [0.5, 0.6) is 11.5 Å². The van der Waals surface area contributed by atoms with E-state index in [1.807, 2.05) is 49.4 Å². The molecule has 2 aromatic carbocycles. The van der Waals surface area contributed by atoms with Crippen LogP contribution in [-0.2, 0) is 0 Å². The number of aryl methyl sites for hydroxylation is 1. The Balaban J connectivity index is 1.97. The minimum Gasteiger partial charge on any atom is -0.496 e. The molecule has 1 aliphatic rings. The van der Waals surface area contributed by atoms with E-state index in [0.29, 0.717) is 6.42 Å². The van der Waals surface area contributed by atoms with Gasteiger partial charge in [0.2, 0.25) is 0 Å². The Kier molecular flexibility index (Phi) is 3.36. The van der Waals surface area contributed by atoms with Crippen LogP contribution in [0.3, 0.4) is 0 Å². The van der Waals surface area contributed by atoms with Crippen molar-refractivity contribution in [3.8, 4) is 11.5 Å². The largest absolute Gasteiger partial charge is 0.496 e. The number of methoxy groups -OCH3 is 1. The molecule has 0 aromatic heterocycles. The first-order chi connectivity index (χ1) is 9.69. The zero-order valence-electron chi connectivity index (χ0n) is 11.7. The van der Waals surface area contributed by atoms with E-state index in [1.165, 1.54) is 0 Å². The maximum absolute atomic E-state index is 10.4. The molecule has 0 fully saturated rings. The quantitative estimate of drug-likeness (QED) is 0.906. The van der Waals surface area contributed by atoms with Crippen molar-refractivity contribution >= 4 is 0 Å². The molecule has 1 heterocycles. The van der Waals surface area contributed by atoms with Gasteiger partial charge in [0.15, 0.2) is 0 Å². The van der Waals surface area contributed by atoms with E-state index in [1.54, 1.807) is 7.11 Å². The molecule has 3 rings (SSSR count). The molecule has 0 bridgehead atoms. The van der Waals surface area contributed by atoms with E-state index in [-0.39, 0.29) is 6.10 Å². The summed E-state index contributed by atoms with van der Waals surface area (Å²) in [6.07, 6.45) is -0.151. The molecule has 3 heteroatoms. The average Bonchev–Trinajstić information content (AvgIpc) is 2.47. The number of hydrogen-bond acceptors (Lipinski definition) is 3. The predicted octanol–water partition coefficient (Wildman–Crippen LogP) is 3.56. The van der Waals surface area contributed by atoms with Gasteiger partial charge in [0.25, 0.3) is 0 Å². The summed E-state index contributed by atoms with van der Waals surface area (Å²) < 4.78 is 11.4. The number of aliphatic hydroxyl groups is 1. The molecular weight excluding hydrogens is 252 g/mol. The zero-order valence-corrected chi connectivity index (χ0v) is 11.7. The molecule has 0 saturated heterocycles. The summed E-state index contributed by atoms with van der Waals surface area (Å²) in [5, 5.41) is 10.4. The highest BCUT2D eigenvalue weighted by atomic mass is 16.5. The molecule has 0 saturated carbocycles. The third-order valence-electron chi connectivity index (χ3n) is 3.72. The first-order valence-electron chi connectivity index (χ1n) is 6.77. The molecule has 2 atom stereocenters. The lowest BCUT2D eigenvalue weighted by molar-refractivity contribution is 0.0644. The van der Waals surface area contributed by atoms with Crippen molar-refractivity contribution in [3.05, 3.63) is 59.2 Å². The minimum absolute atomic E-state index is 0.184. The highest BCUT2D eigenvalue weighted by molar-refractivity contribution is 5.43. The van der Waals surface area contributed by atoms with Gasteiger partial charge in [-0.15, -0.1) is 0 Å². The molecule has 3 nitrogen and oxygen atoms in total. The number of aliphatic hydroxyl groups excluding tert-OH is 1. The normalized spacial score (nSPS) is 20.9. The van der Waals surface area contributed by atoms with Crippen molar-refractivity contribution in [1.29, 1.82) is 0 Å². The van der Waals surface area contributed by atoms with Crippen molar-refractivity contribution < 1.29 is 14.6 Å². The molecule has 104 valence electrons. The smallest absolute Gasteiger partial charge is 0.130 e. The minimum atomic E-state index is -0.506. The molecule has 0 amide bonds. The van der Waals surface area contributed by atoms with Gasteiger partial charge in [-0.3, -0.25) is 0 Å². The van der Waals surface area contributed by atoms with E-state index < -0.39 is 6.10 Å². The Morgan fingerprint density at radius 3 is 2.75 bits per heavy atom. The fourth-order valence-electron chi connectivity index (χ4n) is 2.69. The number of fused-ring (bicyclic) bond motifs is 1. The van der Waals surface area contributed by atoms with E-state index in [9.17, 15) is 5.11 Å². The summed E-state index contributed by atoms with van der Waals surface area (Å²) in [4.78, 5) is 0. The van der Waals surface area contributed by atoms with Crippen LogP contribution in [0.15, 0.2) is 42.5 Å². The van der Waals surface area contributed by atoms with Crippen LogP contribution in [0.2, 0.25) is 0 Å². The molecular formula is C17H18O3. The topological polar surface area (TPSA) is 38.7 Å². The second-order valence-corrected chi connectivity index (χ2v) is 5.14. The van der Waals surface area contributed by atoms with Crippen LogP contribution >= 0.6 is 0 Å². The summed E-state index contributed by atoms with van der Waals surface area (Å²) in [6.45, 7) is 2.01. The van der Waals surface area contributed by atoms with Crippen LogP contribution < -0.4 is 9.47 Å². The summed E-state index contributed by atoms with van der Waals surface area (Å²) in [6, 6.07) is 13.7. The number of para-hydroxylation sites is 1. The first-order valence-corrected chi connectivity index (χ1v) is 6.77. The Morgan fingerprint density at radius 2 is 1.95 bits per heavy atom. The lowest BCUT2D eigenvalue weighted by atomic mass is 9.93. The maximum atomic E-state index is 10.4. The van der Waals surface area contributed by atoms with Gasteiger partial charge in [-0.1, -0.05) is 29.8 Å². The maximum Gasteiger partial charge on any atom is 0.130 e. The molecule has 1 unspecified atom stereocenters. The van der Waals surface area contributed by atoms with Crippen LogP contribution in [0.1, 0.15) is 35.3 Å². The SMILES string of the molecule is COc1ccccc1C1C[C@H](O)c2cc(C)ccc2O1. The van der Waals surface area contributed by atoms with Crippen LogP contribution in [0.4, 0.5) is 0 Å². The molecule has 1 aliphatic heterocycles. The van der Waals surface area contributed by atoms with Gasteiger partial charge in [0.05, 0.1) is 13.2 Å². The molecule has 2 aromatic rings. The van der Waals surface area contributed by atoms with Crippen molar-refractivity contribution in [2.75, 3.05) is 7.11 Å². The van der Waals surface area contributed by atoms with Gasteiger partial charge in [-0.05, 0) is 25.1 Å². The van der Waals surface area contributed by atoms with Crippen molar-refractivity contribution in [1.82, 2.24) is 0 Å². The van der Waals surface area contributed by atoms with E-state index in [0.717, 1.165) is 28.2 Å². The van der Waals surface area contributed by atoms with E-state index in [2.05, 4.69) is 0 Å². The van der Waals surface area contributed by atoms with Gasteiger partial charge < -0.3 is 14.6 Å². The number of hydrogen-bond donors (Lipinski definition) is 1. The Labute approximate surface area is 118 Å². The number of ether oxygens (including phenoxy) is 2. The average molecular weight is 270 g/mol. The van der Waals surface area contributed by atoms with E-state index in [4.69, 9.17) is 9.47 Å². The lowest BCUT2D eigenvalue weighted by Crippen LogP contribution is -2.19. The fourth-order valence-corrected chi connectivity index (χ4v) is 2.69. The van der Waals surface area contributed by atoms with Crippen LogP contribution in [0.25, 0.3) is 0 Å². The van der Waals surface area contributed by atoms with Gasteiger partial charge in [-0.2, -0.15) is 0 Å². The second-order valence-electron chi connectivity index (χ2n) is 5.14. The number of benzene rings is 2. The standard InChI is InChI=1S/C17H18O3/c1-11-7-8-16-13(9-11)14(18)10-17(20-16)12-5-3-4-6-15(12)19-2/h3-9,14,17-18H,10H2,1-2H3/t14-,17?/m0/s1. The summed E-state index contributed by atoms with van der Waals surface area (Å²) in [5.74, 6) is 1.55. The Hall–Kier alpha value is -2.00. The molecule has 20 heavy (non-hydrogen) atoms. The summed E-state index contributed by atoms with van der Waals surface area (Å²) >= 11 is 0. The molecule has 0 radical (unpaired) electrons. The zero-order chi connectivity index (χ0) is 14.1. The van der Waals surface area contributed by atoms with Crippen molar-refractivity contribution in [2.45, 2.75) is 25.6 Å². The van der Waals surface area contributed by atoms with Gasteiger partial charge in [0, 0.05) is 17.5 Å². The predicted molar refractivity (Wildman–Crippen MR) is 77.1 cm³/mol. The third kappa shape index (κ3) is 2.25. The van der Waals surface area contributed by atoms with Crippen molar-refractivity contribution in [2.24, 2.45) is 0 Å². The second kappa shape index (κ2) is 5.17. The molecule has 1 N–H and O–H groups in total. The third-order valence-corrected chi connectivity index (χ3v) is 3.72. The Bertz CT molecular complexity index is 621. The lowest BCUT2D eigenvalue weighted by Gasteiger charge is -2.30. The van der Waals surface area contributed by atoms with Crippen LogP contribution in [0, 0.1) is 6.92 Å². The highest BCUT2D eigenvalue weighted by Gasteiger charge is 2.29. The highest BCUT2D eigenvalue weighted by Crippen LogP contribution is 2.43. The summed E-state index contributed by atoms with van der Waals surface area (Å²) in [7, 11) is 1.65. The van der Waals surface area contributed by atoms with Gasteiger partial charge >= 0.3 is 0 Å². The van der Waals surface area contributed by atoms with Crippen molar-refractivity contribution in [3.63, 3.8) is 0 Å². The molecule has 0 aliphatic carbocycles. The first kappa shape index (κ1) is 13.0. The van der Waals surface area contributed by atoms with Gasteiger partial charge in [-0.25, -0.2) is 0 Å².